The van der Waals surface area contributed by atoms with E-state index in [1.54, 1.807) is 0 Å². The van der Waals surface area contributed by atoms with Crippen LogP contribution in [0.3, 0.4) is 0 Å². The minimum atomic E-state index is 0.313. The Balaban J connectivity index is 1.88. The highest BCUT2D eigenvalue weighted by Gasteiger charge is 2.16. The molecule has 1 aliphatic rings. The molecule has 0 spiro atoms. The molecule has 4 heteroatoms. The molecule has 1 aromatic rings. The second-order valence-electron chi connectivity index (χ2n) is 4.78. The second kappa shape index (κ2) is 7.18. The topological polar surface area (TPSA) is 12.0 Å². The zero-order valence-electron chi connectivity index (χ0n) is 10.6. The number of nitrogens with one attached hydrogen (secondary N) is 1. The number of thioether (sulfide) groups is 1. The van der Waals surface area contributed by atoms with Gasteiger partial charge in [-0.1, -0.05) is 40.0 Å². The van der Waals surface area contributed by atoms with Crippen molar-refractivity contribution in [2.75, 3.05) is 12.3 Å². The van der Waals surface area contributed by atoms with Crippen LogP contribution in [0, 0.1) is 0 Å². The van der Waals surface area contributed by atoms with Gasteiger partial charge in [0.15, 0.2) is 0 Å². The molecule has 1 saturated heterocycles. The summed E-state index contributed by atoms with van der Waals surface area (Å²) in [6, 6.07) is 6.42. The van der Waals surface area contributed by atoms with E-state index in [-0.39, 0.29) is 0 Å². The van der Waals surface area contributed by atoms with Crippen molar-refractivity contribution in [1.29, 1.82) is 0 Å². The Kier molecular flexibility index (Phi) is 5.87. The highest BCUT2D eigenvalue weighted by Crippen LogP contribution is 2.28. The molecule has 0 radical (unpaired) electrons. The van der Waals surface area contributed by atoms with Gasteiger partial charge in [0.25, 0.3) is 0 Å². The molecule has 0 bridgehead atoms. The lowest BCUT2D eigenvalue weighted by molar-refractivity contribution is 0.538. The summed E-state index contributed by atoms with van der Waals surface area (Å²) in [5, 5.41) is 5.22. The molecule has 1 heterocycles. The van der Waals surface area contributed by atoms with Gasteiger partial charge in [0.05, 0.1) is 0 Å². The van der Waals surface area contributed by atoms with Gasteiger partial charge in [-0.15, -0.1) is 0 Å². The largest absolute Gasteiger partial charge is 0.309 e. The van der Waals surface area contributed by atoms with Crippen LogP contribution >= 0.6 is 39.3 Å². The van der Waals surface area contributed by atoms with Crippen molar-refractivity contribution in [2.45, 2.75) is 37.5 Å². The van der Waals surface area contributed by atoms with Crippen LogP contribution in [0.2, 0.25) is 5.02 Å². The number of benzene rings is 1. The summed E-state index contributed by atoms with van der Waals surface area (Å²) >= 11 is 11.8. The first-order chi connectivity index (χ1) is 8.66. The highest BCUT2D eigenvalue weighted by atomic mass is 79.9. The summed E-state index contributed by atoms with van der Waals surface area (Å²) in [5.74, 6) is 1.32. The lowest BCUT2D eigenvalue weighted by Crippen LogP contribution is -2.29. The number of hydrogen-bond acceptors (Lipinski definition) is 2. The minimum Gasteiger partial charge on any atom is -0.309 e. The van der Waals surface area contributed by atoms with Crippen LogP contribution in [0.25, 0.3) is 0 Å². The van der Waals surface area contributed by atoms with Gasteiger partial charge in [-0.3, -0.25) is 0 Å². The molecular weight excluding hydrogens is 330 g/mol. The van der Waals surface area contributed by atoms with Crippen LogP contribution < -0.4 is 5.32 Å². The highest BCUT2D eigenvalue weighted by molar-refractivity contribution is 9.10. The van der Waals surface area contributed by atoms with Gasteiger partial charge in [-0.2, -0.15) is 11.8 Å². The fourth-order valence-electron chi connectivity index (χ4n) is 2.24. The third kappa shape index (κ3) is 4.16. The maximum Gasteiger partial charge on any atom is 0.0464 e. The Morgan fingerprint density at radius 2 is 2.33 bits per heavy atom. The van der Waals surface area contributed by atoms with Gasteiger partial charge in [0.1, 0.15) is 0 Å². The minimum absolute atomic E-state index is 0.313. The Hall–Kier alpha value is 0.300. The predicted molar refractivity (Wildman–Crippen MR) is 85.7 cm³/mol. The van der Waals surface area contributed by atoms with Crippen LogP contribution in [-0.4, -0.2) is 17.5 Å². The van der Waals surface area contributed by atoms with Gasteiger partial charge in [0, 0.05) is 27.3 Å². The van der Waals surface area contributed by atoms with Gasteiger partial charge in [-0.25, -0.2) is 0 Å². The lowest BCUT2D eigenvalue weighted by Gasteiger charge is -2.24. The predicted octanol–water partition coefficient (Wildman–Crippen LogP) is 5.04. The second-order valence-corrected chi connectivity index (χ2v) is 7.52. The zero-order chi connectivity index (χ0) is 13.0. The maximum atomic E-state index is 6.27. The van der Waals surface area contributed by atoms with Gasteiger partial charge in [-0.05, 0) is 43.2 Å². The van der Waals surface area contributed by atoms with E-state index in [2.05, 4.69) is 52.1 Å². The van der Waals surface area contributed by atoms with E-state index in [1.165, 1.54) is 30.6 Å². The lowest BCUT2D eigenvalue weighted by atomic mass is 10.1. The first kappa shape index (κ1) is 14.7. The molecule has 1 aromatic carbocycles. The Bertz CT molecular complexity index is 393. The number of hydrogen-bond donors (Lipinski definition) is 1. The third-order valence-electron chi connectivity index (χ3n) is 3.35. The van der Waals surface area contributed by atoms with E-state index in [1.807, 2.05) is 6.07 Å². The average Bonchev–Trinajstić information content (AvgIpc) is 2.37. The van der Waals surface area contributed by atoms with E-state index in [4.69, 9.17) is 11.6 Å². The molecule has 2 unspecified atom stereocenters. The molecule has 100 valence electrons. The summed E-state index contributed by atoms with van der Waals surface area (Å²) in [6.45, 7) is 3.26. The molecule has 1 N–H and O–H groups in total. The van der Waals surface area contributed by atoms with Crippen molar-refractivity contribution >= 4 is 39.3 Å². The van der Waals surface area contributed by atoms with E-state index < -0.39 is 0 Å². The van der Waals surface area contributed by atoms with Crippen LogP contribution in [0.1, 0.15) is 37.8 Å². The molecule has 0 aromatic heterocycles. The first-order valence-electron chi connectivity index (χ1n) is 6.47. The van der Waals surface area contributed by atoms with Crippen molar-refractivity contribution in [3.63, 3.8) is 0 Å². The van der Waals surface area contributed by atoms with E-state index in [0.717, 1.165) is 21.3 Å². The fraction of sp³-hybridized carbons (Fsp3) is 0.571. The standard InChI is InChI=1S/C14H19BrClNS/c1-10(13-6-5-11(15)8-14(13)16)17-9-12-4-2-3-7-18-12/h5-6,8,10,12,17H,2-4,7,9H2,1H3. The molecule has 0 aliphatic carbocycles. The van der Waals surface area contributed by atoms with E-state index >= 15 is 0 Å². The first-order valence-corrected chi connectivity index (χ1v) is 8.68. The summed E-state index contributed by atoms with van der Waals surface area (Å²) in [6.07, 6.45) is 4.11. The summed E-state index contributed by atoms with van der Waals surface area (Å²) < 4.78 is 1.03. The van der Waals surface area contributed by atoms with Gasteiger partial charge >= 0.3 is 0 Å². The molecule has 2 rings (SSSR count). The molecule has 1 aliphatic heterocycles. The maximum absolute atomic E-state index is 6.27. The van der Waals surface area contributed by atoms with Crippen LogP contribution in [0.4, 0.5) is 0 Å². The van der Waals surface area contributed by atoms with Crippen LogP contribution in [-0.2, 0) is 0 Å². The molecule has 18 heavy (non-hydrogen) atoms. The third-order valence-corrected chi connectivity index (χ3v) is 5.57. The average molecular weight is 349 g/mol. The normalized spacial score (nSPS) is 21.8. The summed E-state index contributed by atoms with van der Waals surface area (Å²) in [7, 11) is 0. The van der Waals surface area contributed by atoms with Gasteiger partial charge < -0.3 is 5.32 Å². The van der Waals surface area contributed by atoms with E-state index in [9.17, 15) is 0 Å². The van der Waals surface area contributed by atoms with Crippen molar-refractivity contribution in [2.24, 2.45) is 0 Å². The molecule has 0 amide bonds. The smallest absolute Gasteiger partial charge is 0.0464 e. The Morgan fingerprint density at radius 1 is 1.50 bits per heavy atom. The molecular formula is C14H19BrClNS. The quantitative estimate of drug-likeness (QED) is 0.818. The molecule has 2 atom stereocenters. The number of halogens is 2. The molecule has 1 nitrogen and oxygen atoms in total. The fourth-order valence-corrected chi connectivity index (χ4v) is 4.33. The van der Waals surface area contributed by atoms with E-state index in [0.29, 0.717) is 6.04 Å². The van der Waals surface area contributed by atoms with Crippen LogP contribution in [0.15, 0.2) is 22.7 Å². The van der Waals surface area contributed by atoms with Crippen molar-refractivity contribution < 1.29 is 0 Å². The van der Waals surface area contributed by atoms with Crippen molar-refractivity contribution in [3.05, 3.63) is 33.3 Å². The number of rotatable bonds is 4. The SMILES string of the molecule is CC(NCC1CCCCS1)c1ccc(Br)cc1Cl. The summed E-state index contributed by atoms with van der Waals surface area (Å²) in [5.41, 5.74) is 1.18. The monoisotopic (exact) mass is 347 g/mol. The zero-order valence-corrected chi connectivity index (χ0v) is 13.7. The van der Waals surface area contributed by atoms with Gasteiger partial charge in [0.2, 0.25) is 0 Å². The summed E-state index contributed by atoms with van der Waals surface area (Å²) in [4.78, 5) is 0. The Labute approximate surface area is 127 Å². The Morgan fingerprint density at radius 3 is 3.00 bits per heavy atom. The molecule has 0 saturated carbocycles. The molecule has 1 fully saturated rings. The van der Waals surface area contributed by atoms with Crippen LogP contribution in [0.5, 0.6) is 0 Å². The van der Waals surface area contributed by atoms with Crippen molar-refractivity contribution in [3.8, 4) is 0 Å². The van der Waals surface area contributed by atoms with Crippen molar-refractivity contribution in [1.82, 2.24) is 5.32 Å².